The third kappa shape index (κ3) is 4.58. The molecule has 2 rings (SSSR count). The van der Waals surface area contributed by atoms with E-state index >= 15 is 0 Å². The predicted octanol–water partition coefficient (Wildman–Crippen LogP) is 4.96. The van der Waals surface area contributed by atoms with Crippen LogP contribution in [0.25, 0.3) is 0 Å². The van der Waals surface area contributed by atoms with Crippen LogP contribution in [0.3, 0.4) is 0 Å². The Hall–Kier alpha value is -1.32. The molecule has 0 radical (unpaired) electrons. The fraction of sp³-hybridized carbons (Fsp3) is 0.308. The van der Waals surface area contributed by atoms with Crippen LogP contribution in [0, 0.1) is 0 Å². The van der Waals surface area contributed by atoms with Crippen LogP contribution in [-0.2, 0) is 6.18 Å². The summed E-state index contributed by atoms with van der Waals surface area (Å²) in [5, 5.41) is 9.66. The molecule has 1 aromatic heterocycles. The monoisotopic (exact) mass is 381 g/mol. The van der Waals surface area contributed by atoms with Crippen LogP contribution < -0.4 is 5.32 Å². The molecule has 0 unspecified atom stereocenters. The highest BCUT2D eigenvalue weighted by atomic mass is 35.5. The highest BCUT2D eigenvalue weighted by molar-refractivity contribution is 8.01. The molecule has 1 amide bonds. The number of anilines is 1. The number of halogens is 4. The summed E-state index contributed by atoms with van der Waals surface area (Å²) in [5.74, 6) is 0.103. The lowest BCUT2D eigenvalue weighted by Gasteiger charge is -2.11. The van der Waals surface area contributed by atoms with Crippen molar-refractivity contribution in [3.63, 3.8) is 0 Å². The van der Waals surface area contributed by atoms with Gasteiger partial charge in [0, 0.05) is 5.75 Å². The van der Waals surface area contributed by atoms with E-state index in [1.165, 1.54) is 17.8 Å². The number of carbonyl (C=O) groups excluding carboxylic acids is 1. The van der Waals surface area contributed by atoms with Crippen LogP contribution in [0.15, 0.2) is 22.5 Å². The number of hydrogen-bond donors (Lipinski definition) is 1. The minimum atomic E-state index is -4.62. The van der Waals surface area contributed by atoms with Crippen molar-refractivity contribution >= 4 is 45.7 Å². The molecular weight excluding hydrogens is 371 g/mol. The molecule has 10 heteroatoms. The van der Waals surface area contributed by atoms with E-state index in [1.807, 2.05) is 6.92 Å². The van der Waals surface area contributed by atoms with Crippen molar-refractivity contribution in [2.24, 2.45) is 0 Å². The fourth-order valence-electron chi connectivity index (χ4n) is 1.60. The highest BCUT2D eigenvalue weighted by Gasteiger charge is 2.34. The Morgan fingerprint density at radius 2 is 2.13 bits per heavy atom. The maximum atomic E-state index is 12.8. The third-order valence-electron chi connectivity index (χ3n) is 2.61. The van der Waals surface area contributed by atoms with Gasteiger partial charge in [-0.25, -0.2) is 0 Å². The first-order valence-electron chi connectivity index (χ1n) is 6.46. The van der Waals surface area contributed by atoms with Crippen molar-refractivity contribution in [3.8, 4) is 0 Å². The van der Waals surface area contributed by atoms with Gasteiger partial charge in [-0.2, -0.15) is 13.2 Å². The molecule has 0 atom stereocenters. The van der Waals surface area contributed by atoms with Gasteiger partial charge in [0.2, 0.25) is 5.13 Å². The van der Waals surface area contributed by atoms with Gasteiger partial charge in [0.1, 0.15) is 0 Å². The van der Waals surface area contributed by atoms with Gasteiger partial charge in [-0.15, -0.1) is 10.2 Å². The Morgan fingerprint density at radius 3 is 2.78 bits per heavy atom. The van der Waals surface area contributed by atoms with Gasteiger partial charge in [-0.1, -0.05) is 47.7 Å². The molecule has 0 aliphatic heterocycles. The topological polar surface area (TPSA) is 54.9 Å². The molecule has 4 nitrogen and oxygen atoms in total. The summed E-state index contributed by atoms with van der Waals surface area (Å²) in [7, 11) is 0. The Morgan fingerprint density at radius 1 is 1.39 bits per heavy atom. The van der Waals surface area contributed by atoms with E-state index in [2.05, 4.69) is 15.5 Å². The first-order chi connectivity index (χ1) is 10.8. The molecule has 2 aromatic rings. The number of benzene rings is 1. The number of alkyl halides is 3. The standard InChI is InChI=1S/C13H11ClF3N3OS2/c1-2-6-22-12-20-19-11(23-12)18-10(21)7-4-3-5-8(9(7)14)13(15,16)17/h3-5H,2,6H2,1H3,(H,18,19,21). The second-order valence-electron chi connectivity index (χ2n) is 4.34. The number of thioether (sulfide) groups is 1. The maximum absolute atomic E-state index is 12.8. The van der Waals surface area contributed by atoms with Crippen molar-refractivity contribution in [2.45, 2.75) is 23.9 Å². The summed E-state index contributed by atoms with van der Waals surface area (Å²) in [6, 6.07) is 3.18. The molecule has 0 spiro atoms. The van der Waals surface area contributed by atoms with Gasteiger partial charge >= 0.3 is 6.18 Å². The minimum Gasteiger partial charge on any atom is -0.296 e. The zero-order chi connectivity index (χ0) is 17.0. The van der Waals surface area contributed by atoms with Crippen molar-refractivity contribution in [2.75, 3.05) is 11.1 Å². The summed E-state index contributed by atoms with van der Waals surface area (Å²) in [6.45, 7) is 2.02. The van der Waals surface area contributed by atoms with E-state index in [1.54, 1.807) is 0 Å². The van der Waals surface area contributed by atoms with Gasteiger partial charge in [0.15, 0.2) is 4.34 Å². The summed E-state index contributed by atoms with van der Waals surface area (Å²) in [6.07, 6.45) is -3.66. The molecule has 124 valence electrons. The lowest BCUT2D eigenvalue weighted by atomic mass is 10.1. The molecule has 23 heavy (non-hydrogen) atoms. The number of rotatable bonds is 5. The molecule has 0 bridgehead atoms. The molecule has 0 saturated carbocycles. The number of amides is 1. The van der Waals surface area contributed by atoms with Gasteiger partial charge in [0.25, 0.3) is 5.91 Å². The normalized spacial score (nSPS) is 11.5. The van der Waals surface area contributed by atoms with E-state index in [4.69, 9.17) is 11.6 Å². The Bertz CT molecular complexity index is 706. The molecule has 1 heterocycles. The molecule has 1 N–H and O–H groups in total. The quantitative estimate of drug-likeness (QED) is 0.587. The Kier molecular flexibility index (Phi) is 5.88. The van der Waals surface area contributed by atoms with Crippen molar-refractivity contribution in [1.82, 2.24) is 10.2 Å². The van der Waals surface area contributed by atoms with E-state index in [0.717, 1.165) is 35.6 Å². The van der Waals surface area contributed by atoms with E-state index in [9.17, 15) is 18.0 Å². The molecule has 0 fully saturated rings. The summed E-state index contributed by atoms with van der Waals surface area (Å²) < 4.78 is 39.1. The Balaban J connectivity index is 2.17. The second kappa shape index (κ2) is 7.50. The second-order valence-corrected chi connectivity index (χ2v) is 7.04. The number of hydrogen-bond acceptors (Lipinski definition) is 5. The van der Waals surface area contributed by atoms with Crippen LogP contribution in [0.4, 0.5) is 18.3 Å². The summed E-state index contributed by atoms with van der Waals surface area (Å²) in [5.41, 5.74) is -1.32. The van der Waals surface area contributed by atoms with Gasteiger partial charge in [-0.3, -0.25) is 10.1 Å². The third-order valence-corrected chi connectivity index (χ3v) is 5.19. The zero-order valence-corrected chi connectivity index (χ0v) is 14.2. The summed E-state index contributed by atoms with van der Waals surface area (Å²) >= 11 is 8.36. The smallest absolute Gasteiger partial charge is 0.296 e. The zero-order valence-electron chi connectivity index (χ0n) is 11.8. The molecule has 0 saturated heterocycles. The number of nitrogens with one attached hydrogen (secondary N) is 1. The highest BCUT2D eigenvalue weighted by Crippen LogP contribution is 2.36. The van der Waals surface area contributed by atoms with Gasteiger partial charge < -0.3 is 0 Å². The van der Waals surface area contributed by atoms with Crippen LogP contribution >= 0.6 is 34.7 Å². The van der Waals surface area contributed by atoms with E-state index < -0.39 is 22.7 Å². The van der Waals surface area contributed by atoms with Gasteiger partial charge in [-0.05, 0) is 18.6 Å². The first kappa shape index (κ1) is 18.0. The van der Waals surface area contributed by atoms with Crippen LogP contribution in [0.2, 0.25) is 5.02 Å². The minimum absolute atomic E-state index is 0.210. The number of carbonyl (C=O) groups is 1. The number of nitrogens with zero attached hydrogens (tertiary/aromatic N) is 2. The fourth-order valence-corrected chi connectivity index (χ4v) is 3.59. The number of aromatic nitrogens is 2. The predicted molar refractivity (Wildman–Crippen MR) is 85.3 cm³/mol. The van der Waals surface area contributed by atoms with E-state index in [0.29, 0.717) is 4.34 Å². The Labute approximate surface area is 143 Å². The van der Waals surface area contributed by atoms with Crippen LogP contribution in [0.1, 0.15) is 29.3 Å². The maximum Gasteiger partial charge on any atom is 0.417 e. The molecule has 0 aliphatic rings. The first-order valence-corrected chi connectivity index (χ1v) is 8.64. The van der Waals surface area contributed by atoms with Crippen molar-refractivity contribution in [3.05, 3.63) is 34.3 Å². The molecule has 0 aliphatic carbocycles. The average Bonchev–Trinajstić information content (AvgIpc) is 2.91. The van der Waals surface area contributed by atoms with Gasteiger partial charge in [0.05, 0.1) is 16.1 Å². The van der Waals surface area contributed by atoms with Crippen LogP contribution in [-0.4, -0.2) is 21.9 Å². The van der Waals surface area contributed by atoms with Crippen molar-refractivity contribution in [1.29, 1.82) is 0 Å². The molecule has 1 aromatic carbocycles. The van der Waals surface area contributed by atoms with Crippen LogP contribution in [0.5, 0.6) is 0 Å². The lowest BCUT2D eigenvalue weighted by Crippen LogP contribution is -2.15. The molecular formula is C13H11ClF3N3OS2. The summed E-state index contributed by atoms with van der Waals surface area (Å²) in [4.78, 5) is 12.1. The SMILES string of the molecule is CCCSc1nnc(NC(=O)c2cccc(C(F)(F)F)c2Cl)s1. The van der Waals surface area contributed by atoms with Crippen molar-refractivity contribution < 1.29 is 18.0 Å². The average molecular weight is 382 g/mol. The van der Waals surface area contributed by atoms with E-state index in [-0.39, 0.29) is 10.7 Å². The largest absolute Gasteiger partial charge is 0.417 e. The lowest BCUT2D eigenvalue weighted by molar-refractivity contribution is -0.137.